The normalized spacial score (nSPS) is 16.0. The highest BCUT2D eigenvalue weighted by Gasteiger charge is 2.30. The van der Waals surface area contributed by atoms with Crippen LogP contribution >= 0.6 is 0 Å². The van der Waals surface area contributed by atoms with Crippen LogP contribution in [0.2, 0.25) is 0 Å². The van der Waals surface area contributed by atoms with Gasteiger partial charge in [0.1, 0.15) is 17.6 Å². The Morgan fingerprint density at radius 2 is 1.74 bits per heavy atom. The summed E-state index contributed by atoms with van der Waals surface area (Å²) in [5.41, 5.74) is 0.670. The third kappa shape index (κ3) is 6.08. The summed E-state index contributed by atoms with van der Waals surface area (Å²) in [6, 6.07) is 13.7. The van der Waals surface area contributed by atoms with Gasteiger partial charge in [-0.05, 0) is 63.1 Å². The molecule has 0 amide bonds. The quantitative estimate of drug-likeness (QED) is 0.621. The Morgan fingerprint density at radius 1 is 1.10 bits per heavy atom. The summed E-state index contributed by atoms with van der Waals surface area (Å²) in [6.07, 6.45) is 3.52. The Hall–Kier alpha value is -2.84. The highest BCUT2D eigenvalue weighted by molar-refractivity contribution is 7.89. The minimum Gasteiger partial charge on any atom is -0.491 e. The molecule has 8 heteroatoms. The highest BCUT2D eigenvalue weighted by atomic mass is 32.2. The zero-order chi connectivity index (χ0) is 22.4. The fraction of sp³-hybridized carbons (Fsp3) is 0.348. The molecule has 7 nitrogen and oxygen atoms in total. The Morgan fingerprint density at radius 3 is 2.35 bits per heavy atom. The molecule has 1 saturated heterocycles. The number of carboxylic acids is 1. The number of sulfonamides is 1. The number of benzene rings is 2. The van der Waals surface area contributed by atoms with Crippen molar-refractivity contribution in [3.8, 4) is 11.5 Å². The van der Waals surface area contributed by atoms with Crippen LogP contribution in [0, 0.1) is 0 Å². The highest BCUT2D eigenvalue weighted by Crippen LogP contribution is 2.27. The van der Waals surface area contributed by atoms with Gasteiger partial charge in [0, 0.05) is 24.7 Å². The number of piperidine rings is 1. The number of carbonyl (C=O) groups is 1. The van der Waals surface area contributed by atoms with Gasteiger partial charge in [0.25, 0.3) is 0 Å². The molecule has 2 aromatic carbocycles. The zero-order valence-electron chi connectivity index (χ0n) is 17.6. The first kappa shape index (κ1) is 22.8. The van der Waals surface area contributed by atoms with Gasteiger partial charge in [-0.3, -0.25) is 0 Å². The monoisotopic (exact) mass is 445 g/mol. The first-order chi connectivity index (χ1) is 14.8. The number of carboxylic acid groups (broad SMARTS) is 1. The summed E-state index contributed by atoms with van der Waals surface area (Å²) < 4.78 is 39.0. The second-order valence-electron chi connectivity index (χ2n) is 7.57. The van der Waals surface area contributed by atoms with E-state index in [0.717, 1.165) is 6.08 Å². The molecule has 1 fully saturated rings. The lowest BCUT2D eigenvalue weighted by atomic mass is 10.1. The van der Waals surface area contributed by atoms with E-state index in [2.05, 4.69) is 0 Å². The molecule has 1 N–H and O–H groups in total. The average molecular weight is 446 g/mol. The Bertz CT molecular complexity index is 1020. The fourth-order valence-corrected chi connectivity index (χ4v) is 4.84. The zero-order valence-corrected chi connectivity index (χ0v) is 18.4. The summed E-state index contributed by atoms with van der Waals surface area (Å²) >= 11 is 0. The summed E-state index contributed by atoms with van der Waals surface area (Å²) in [4.78, 5) is 11.0. The van der Waals surface area contributed by atoms with Crippen molar-refractivity contribution in [1.29, 1.82) is 0 Å². The van der Waals surface area contributed by atoms with E-state index >= 15 is 0 Å². The summed E-state index contributed by atoms with van der Waals surface area (Å²) in [7, 11) is -3.58. The minimum absolute atomic E-state index is 0.0197. The average Bonchev–Trinajstić information content (AvgIpc) is 2.73. The Labute approximate surface area is 183 Å². The van der Waals surface area contributed by atoms with Crippen molar-refractivity contribution in [2.75, 3.05) is 13.1 Å². The van der Waals surface area contributed by atoms with Gasteiger partial charge in [-0.15, -0.1) is 0 Å². The van der Waals surface area contributed by atoms with Gasteiger partial charge in [0.15, 0.2) is 0 Å². The minimum atomic E-state index is -3.58. The molecule has 166 valence electrons. The molecule has 0 aromatic heterocycles. The van der Waals surface area contributed by atoms with E-state index in [1.165, 1.54) is 10.4 Å². The van der Waals surface area contributed by atoms with Crippen molar-refractivity contribution in [2.45, 2.75) is 43.8 Å². The maximum atomic E-state index is 13.0. The molecule has 3 rings (SSSR count). The lowest BCUT2D eigenvalue weighted by Gasteiger charge is -2.31. The fourth-order valence-electron chi connectivity index (χ4n) is 3.37. The molecule has 0 bridgehead atoms. The Kier molecular flexibility index (Phi) is 7.35. The molecule has 31 heavy (non-hydrogen) atoms. The van der Waals surface area contributed by atoms with Crippen LogP contribution in [0.25, 0.3) is 6.08 Å². The van der Waals surface area contributed by atoms with Crippen molar-refractivity contribution in [1.82, 2.24) is 4.31 Å². The number of ether oxygens (including phenoxy) is 2. The van der Waals surface area contributed by atoms with Gasteiger partial charge in [-0.1, -0.05) is 18.2 Å². The topological polar surface area (TPSA) is 93.1 Å². The molecule has 2 aromatic rings. The standard InChI is InChI=1S/C23H27NO6S/c1-17(2)29-19-8-10-21(11-9-19)31(27,28)24-15-13-20(14-16-24)30-22-6-4-3-5-18(22)7-12-23(25)26/h3-12,17,20H,13-16H2,1-2H3,(H,25,26)/b12-7+. The predicted molar refractivity (Wildman–Crippen MR) is 118 cm³/mol. The molecule has 0 radical (unpaired) electrons. The van der Waals surface area contributed by atoms with Crippen LogP contribution < -0.4 is 9.47 Å². The number of hydrogen-bond donors (Lipinski definition) is 1. The molecule has 0 atom stereocenters. The van der Waals surface area contributed by atoms with Crippen LogP contribution in [-0.4, -0.2) is 49.1 Å². The van der Waals surface area contributed by atoms with E-state index in [4.69, 9.17) is 14.6 Å². The molecule has 1 heterocycles. The third-order valence-electron chi connectivity index (χ3n) is 4.85. The van der Waals surface area contributed by atoms with Crippen LogP contribution in [0.5, 0.6) is 11.5 Å². The van der Waals surface area contributed by atoms with Crippen LogP contribution in [0.4, 0.5) is 0 Å². The largest absolute Gasteiger partial charge is 0.491 e. The van der Waals surface area contributed by atoms with Crippen LogP contribution in [0.15, 0.2) is 59.5 Å². The van der Waals surface area contributed by atoms with Gasteiger partial charge in [0.2, 0.25) is 10.0 Å². The van der Waals surface area contributed by atoms with Crippen LogP contribution in [-0.2, 0) is 14.8 Å². The molecule has 0 spiro atoms. The smallest absolute Gasteiger partial charge is 0.328 e. The van der Waals surface area contributed by atoms with Crippen molar-refractivity contribution in [3.63, 3.8) is 0 Å². The predicted octanol–water partition coefficient (Wildman–Crippen LogP) is 3.80. The maximum Gasteiger partial charge on any atom is 0.328 e. The molecule has 0 aliphatic carbocycles. The van der Waals surface area contributed by atoms with Gasteiger partial charge < -0.3 is 14.6 Å². The number of para-hydroxylation sites is 1. The van der Waals surface area contributed by atoms with Gasteiger partial charge in [-0.2, -0.15) is 4.31 Å². The first-order valence-electron chi connectivity index (χ1n) is 10.2. The van der Waals surface area contributed by atoms with Gasteiger partial charge >= 0.3 is 5.97 Å². The molecule has 0 saturated carbocycles. The molecular weight excluding hydrogens is 418 g/mol. The second-order valence-corrected chi connectivity index (χ2v) is 9.51. The molecule has 0 unspecified atom stereocenters. The summed E-state index contributed by atoms with van der Waals surface area (Å²) in [5.74, 6) is 0.191. The molecular formula is C23H27NO6S. The van der Waals surface area contributed by atoms with Crippen molar-refractivity contribution in [2.24, 2.45) is 0 Å². The van der Waals surface area contributed by atoms with E-state index in [1.54, 1.807) is 42.5 Å². The van der Waals surface area contributed by atoms with Crippen LogP contribution in [0.3, 0.4) is 0 Å². The van der Waals surface area contributed by atoms with Crippen molar-refractivity contribution >= 4 is 22.1 Å². The summed E-state index contributed by atoms with van der Waals surface area (Å²) in [5, 5.41) is 8.84. The maximum absolute atomic E-state index is 13.0. The van der Waals surface area contributed by atoms with E-state index in [-0.39, 0.29) is 17.1 Å². The summed E-state index contributed by atoms with van der Waals surface area (Å²) in [6.45, 7) is 4.53. The lowest BCUT2D eigenvalue weighted by molar-refractivity contribution is -0.131. The third-order valence-corrected chi connectivity index (χ3v) is 6.77. The van der Waals surface area contributed by atoms with E-state index in [1.807, 2.05) is 19.9 Å². The van der Waals surface area contributed by atoms with Crippen LogP contribution in [0.1, 0.15) is 32.3 Å². The second kappa shape index (κ2) is 9.98. The number of aliphatic carboxylic acids is 1. The van der Waals surface area contributed by atoms with Crippen molar-refractivity contribution in [3.05, 3.63) is 60.2 Å². The number of rotatable bonds is 8. The molecule has 1 aliphatic rings. The van der Waals surface area contributed by atoms with E-state index < -0.39 is 16.0 Å². The number of hydrogen-bond acceptors (Lipinski definition) is 5. The SMILES string of the molecule is CC(C)Oc1ccc(S(=O)(=O)N2CCC(Oc3ccccc3/C=C/C(=O)O)CC2)cc1. The van der Waals surface area contributed by atoms with E-state index in [0.29, 0.717) is 43.0 Å². The van der Waals surface area contributed by atoms with Crippen molar-refractivity contribution < 1.29 is 27.8 Å². The Balaban J connectivity index is 1.62. The first-order valence-corrected chi connectivity index (χ1v) is 11.6. The number of nitrogens with zero attached hydrogens (tertiary/aromatic N) is 1. The van der Waals surface area contributed by atoms with Gasteiger partial charge in [0.05, 0.1) is 11.0 Å². The lowest BCUT2D eigenvalue weighted by Crippen LogP contribution is -2.41. The van der Waals surface area contributed by atoms with Gasteiger partial charge in [-0.25, -0.2) is 13.2 Å². The molecule has 1 aliphatic heterocycles. The van der Waals surface area contributed by atoms with E-state index in [9.17, 15) is 13.2 Å².